The van der Waals surface area contributed by atoms with E-state index in [9.17, 15) is 4.57 Å². The van der Waals surface area contributed by atoms with Gasteiger partial charge in [-0.15, -0.1) is 0 Å². The van der Waals surface area contributed by atoms with Crippen molar-refractivity contribution in [3.8, 4) is 0 Å². The van der Waals surface area contributed by atoms with E-state index in [1.807, 2.05) is 66.7 Å². The molecule has 150 valence electrons. The molecule has 3 aromatic carbocycles. The lowest BCUT2D eigenvalue weighted by Gasteiger charge is -2.18. The first kappa shape index (κ1) is 21.7. The van der Waals surface area contributed by atoms with Crippen molar-refractivity contribution in [3.05, 3.63) is 102 Å². The molecular weight excluding hydrogens is 391 g/mol. The fourth-order valence-electron chi connectivity index (χ4n) is 3.31. The van der Waals surface area contributed by atoms with Crippen LogP contribution in [0.15, 0.2) is 107 Å². The first-order valence-corrected chi connectivity index (χ1v) is 13.0. The van der Waals surface area contributed by atoms with Gasteiger partial charge in [0.05, 0.1) is 0 Å². The largest absolute Gasteiger partial charge is 0.309 e. The summed E-state index contributed by atoms with van der Waals surface area (Å²) in [5.41, 5.74) is 0. The van der Waals surface area contributed by atoms with Crippen LogP contribution in [0.2, 0.25) is 0 Å². The van der Waals surface area contributed by atoms with Gasteiger partial charge in [0.25, 0.3) is 0 Å². The summed E-state index contributed by atoms with van der Waals surface area (Å²) in [6.45, 7) is 2.23. The zero-order valence-electron chi connectivity index (χ0n) is 17.0. The molecule has 0 amide bonds. The second-order valence-corrected chi connectivity index (χ2v) is 11.0. The van der Waals surface area contributed by atoms with Crippen LogP contribution in [-0.2, 0) is 4.57 Å². The highest BCUT2D eigenvalue weighted by Gasteiger charge is 2.25. The van der Waals surface area contributed by atoms with E-state index in [4.69, 9.17) is 0 Å². The minimum absolute atomic E-state index is 0.894. The molecule has 3 rings (SSSR count). The van der Waals surface area contributed by atoms with E-state index in [1.165, 1.54) is 29.1 Å². The van der Waals surface area contributed by atoms with Gasteiger partial charge < -0.3 is 4.57 Å². The molecule has 29 heavy (non-hydrogen) atoms. The van der Waals surface area contributed by atoms with Crippen LogP contribution in [0.1, 0.15) is 39.0 Å². The Kier molecular flexibility index (Phi) is 8.40. The monoisotopic (exact) mass is 420 g/mol. The van der Waals surface area contributed by atoms with Crippen LogP contribution in [0.4, 0.5) is 0 Å². The number of hydrogen-bond acceptors (Lipinski definition) is 2. The molecule has 0 aliphatic heterocycles. The number of allylic oxidation sites excluding steroid dienone is 1. The third kappa shape index (κ3) is 6.23. The SMILES string of the molecule is CCCCCC/C(=C\P(=O)(c1ccccc1)c1ccccc1)Sc1ccccc1. The maximum atomic E-state index is 14.4. The van der Waals surface area contributed by atoms with Crippen LogP contribution in [0.5, 0.6) is 0 Å². The molecule has 3 aromatic rings. The van der Waals surface area contributed by atoms with Crippen molar-refractivity contribution in [2.24, 2.45) is 0 Å². The standard InChI is InChI=1S/C26H29OPS/c1-2-3-4-12-21-26(29-25-19-13-7-14-20-25)22-28(27,23-15-8-5-9-16-23)24-17-10-6-11-18-24/h5-11,13-20,22H,2-4,12,21H2,1H3/b26-22+. The fourth-order valence-corrected chi connectivity index (χ4v) is 7.17. The zero-order valence-corrected chi connectivity index (χ0v) is 18.7. The van der Waals surface area contributed by atoms with Gasteiger partial charge in [-0.2, -0.15) is 0 Å². The second-order valence-electron chi connectivity index (χ2n) is 7.15. The Morgan fingerprint density at radius 1 is 0.759 bits per heavy atom. The second kappa shape index (κ2) is 11.2. The summed E-state index contributed by atoms with van der Waals surface area (Å²) in [6, 6.07) is 30.2. The molecule has 0 unspecified atom stereocenters. The third-order valence-electron chi connectivity index (χ3n) is 4.87. The van der Waals surface area contributed by atoms with E-state index in [-0.39, 0.29) is 0 Å². The number of benzene rings is 3. The van der Waals surface area contributed by atoms with Crippen LogP contribution < -0.4 is 10.6 Å². The van der Waals surface area contributed by atoms with Gasteiger partial charge in [0, 0.05) is 15.5 Å². The van der Waals surface area contributed by atoms with Crippen LogP contribution in [0, 0.1) is 0 Å². The van der Waals surface area contributed by atoms with Gasteiger partial charge in [0.2, 0.25) is 0 Å². The molecule has 0 aliphatic carbocycles. The first-order chi connectivity index (χ1) is 14.2. The van der Waals surface area contributed by atoms with E-state index in [0.29, 0.717) is 0 Å². The third-order valence-corrected chi connectivity index (χ3v) is 8.95. The van der Waals surface area contributed by atoms with Crippen molar-refractivity contribution in [3.63, 3.8) is 0 Å². The van der Waals surface area contributed by atoms with Crippen molar-refractivity contribution >= 4 is 29.5 Å². The van der Waals surface area contributed by atoms with Crippen LogP contribution >= 0.6 is 18.9 Å². The van der Waals surface area contributed by atoms with Gasteiger partial charge in [0.15, 0.2) is 7.14 Å². The lowest BCUT2D eigenvalue weighted by Crippen LogP contribution is -2.14. The average Bonchev–Trinajstić information content (AvgIpc) is 2.78. The molecular formula is C26H29OPS. The Hall–Kier alpha value is -2.02. The molecule has 0 N–H and O–H groups in total. The van der Waals surface area contributed by atoms with Crippen molar-refractivity contribution in [1.29, 1.82) is 0 Å². The summed E-state index contributed by atoms with van der Waals surface area (Å²) in [6.07, 6.45) is 5.77. The number of unbranched alkanes of at least 4 members (excludes halogenated alkanes) is 3. The quantitative estimate of drug-likeness (QED) is 0.191. The highest BCUT2D eigenvalue weighted by molar-refractivity contribution is 8.03. The summed E-state index contributed by atoms with van der Waals surface area (Å²) < 4.78 is 14.4. The predicted molar refractivity (Wildman–Crippen MR) is 129 cm³/mol. The molecule has 3 heteroatoms. The minimum atomic E-state index is -2.86. The molecule has 0 saturated carbocycles. The first-order valence-electron chi connectivity index (χ1n) is 10.4. The topological polar surface area (TPSA) is 17.1 Å². The molecule has 0 heterocycles. The Labute approximate surface area is 179 Å². The van der Waals surface area contributed by atoms with E-state index in [2.05, 4.69) is 37.0 Å². The van der Waals surface area contributed by atoms with Gasteiger partial charge in [-0.1, -0.05) is 117 Å². The molecule has 1 nitrogen and oxygen atoms in total. The van der Waals surface area contributed by atoms with Gasteiger partial charge in [-0.3, -0.25) is 0 Å². The Morgan fingerprint density at radius 2 is 1.28 bits per heavy atom. The average molecular weight is 421 g/mol. The summed E-state index contributed by atoms with van der Waals surface area (Å²) in [5, 5.41) is 1.79. The molecule has 0 fully saturated rings. The Balaban J connectivity index is 2.00. The maximum Gasteiger partial charge on any atom is 0.164 e. The summed E-state index contributed by atoms with van der Waals surface area (Å²) in [4.78, 5) is 2.39. The summed E-state index contributed by atoms with van der Waals surface area (Å²) in [5.74, 6) is 2.07. The maximum absolute atomic E-state index is 14.4. The molecule has 0 saturated heterocycles. The molecule has 0 spiro atoms. The smallest absolute Gasteiger partial charge is 0.164 e. The van der Waals surface area contributed by atoms with Crippen LogP contribution in [0.3, 0.4) is 0 Å². The number of thioether (sulfide) groups is 1. The highest BCUT2D eigenvalue weighted by Crippen LogP contribution is 2.49. The van der Waals surface area contributed by atoms with Crippen molar-refractivity contribution < 1.29 is 4.57 Å². The van der Waals surface area contributed by atoms with Crippen molar-refractivity contribution in [1.82, 2.24) is 0 Å². The van der Waals surface area contributed by atoms with Gasteiger partial charge >= 0.3 is 0 Å². The Morgan fingerprint density at radius 3 is 1.79 bits per heavy atom. The summed E-state index contributed by atoms with van der Waals surface area (Å²) >= 11 is 1.75. The van der Waals surface area contributed by atoms with Crippen molar-refractivity contribution in [2.45, 2.75) is 43.9 Å². The fraction of sp³-hybridized carbons (Fsp3) is 0.231. The predicted octanol–water partition coefficient (Wildman–Crippen LogP) is 7.60. The van der Waals surface area contributed by atoms with Gasteiger partial charge in [-0.05, 0) is 35.7 Å². The van der Waals surface area contributed by atoms with Crippen LogP contribution in [0.25, 0.3) is 0 Å². The molecule has 0 aromatic heterocycles. The highest BCUT2D eigenvalue weighted by atomic mass is 32.2. The minimum Gasteiger partial charge on any atom is -0.309 e. The van der Waals surface area contributed by atoms with Crippen LogP contribution in [-0.4, -0.2) is 0 Å². The number of rotatable bonds is 10. The van der Waals surface area contributed by atoms with Gasteiger partial charge in [0.1, 0.15) is 0 Å². The van der Waals surface area contributed by atoms with E-state index in [0.717, 1.165) is 23.5 Å². The molecule has 0 bridgehead atoms. The normalized spacial score (nSPS) is 12.1. The van der Waals surface area contributed by atoms with E-state index < -0.39 is 7.14 Å². The molecule has 0 atom stereocenters. The van der Waals surface area contributed by atoms with E-state index in [1.54, 1.807) is 11.8 Å². The lowest BCUT2D eigenvalue weighted by molar-refractivity contribution is 0.592. The van der Waals surface area contributed by atoms with Crippen molar-refractivity contribution in [2.75, 3.05) is 0 Å². The zero-order chi connectivity index (χ0) is 20.4. The lowest BCUT2D eigenvalue weighted by atomic mass is 10.1. The molecule has 0 aliphatic rings. The number of hydrogen-bond donors (Lipinski definition) is 0. The summed E-state index contributed by atoms with van der Waals surface area (Å²) in [7, 11) is -2.86. The van der Waals surface area contributed by atoms with E-state index >= 15 is 0 Å². The Bertz CT molecular complexity index is 893. The van der Waals surface area contributed by atoms with Gasteiger partial charge in [-0.25, -0.2) is 0 Å². The molecule has 0 radical (unpaired) electrons.